The Kier molecular flexibility index (Phi) is 6.03. The maximum atomic E-state index is 5.57. The van der Waals surface area contributed by atoms with Crippen LogP contribution in [0.25, 0.3) is 0 Å². The van der Waals surface area contributed by atoms with Gasteiger partial charge in [0.25, 0.3) is 0 Å². The number of aromatic nitrogens is 1. The Morgan fingerprint density at radius 1 is 1.50 bits per heavy atom. The SMILES string of the molecule is Cc1[c-]c(Cl)cc(Cl)n1.[Rb+]. The molecule has 0 aliphatic heterocycles. The van der Waals surface area contributed by atoms with E-state index in [9.17, 15) is 0 Å². The van der Waals surface area contributed by atoms with Crippen LogP contribution in [0.3, 0.4) is 0 Å². The summed E-state index contributed by atoms with van der Waals surface area (Å²) in [5.41, 5.74) is 0.715. The molecule has 0 N–H and O–H groups in total. The van der Waals surface area contributed by atoms with E-state index in [-0.39, 0.29) is 58.2 Å². The van der Waals surface area contributed by atoms with Crippen LogP contribution in [0.2, 0.25) is 10.2 Å². The zero-order valence-electron chi connectivity index (χ0n) is 5.78. The van der Waals surface area contributed by atoms with E-state index < -0.39 is 0 Å². The van der Waals surface area contributed by atoms with Gasteiger partial charge in [0, 0.05) is 5.15 Å². The smallest absolute Gasteiger partial charge is 0.281 e. The third-order valence-corrected chi connectivity index (χ3v) is 1.22. The summed E-state index contributed by atoms with van der Waals surface area (Å²) in [4.78, 5) is 3.86. The van der Waals surface area contributed by atoms with Crippen LogP contribution in [0.15, 0.2) is 6.07 Å². The Morgan fingerprint density at radius 2 is 2.10 bits per heavy atom. The van der Waals surface area contributed by atoms with Gasteiger partial charge in [-0.3, -0.25) is 4.98 Å². The van der Waals surface area contributed by atoms with Gasteiger partial charge < -0.3 is 0 Å². The minimum absolute atomic E-state index is 0. The van der Waals surface area contributed by atoms with E-state index in [1.54, 1.807) is 13.0 Å². The predicted octanol–water partition coefficient (Wildman–Crippen LogP) is -0.499. The third-order valence-electron chi connectivity index (χ3n) is 0.821. The van der Waals surface area contributed by atoms with Crippen molar-refractivity contribution in [3.63, 3.8) is 0 Å². The maximum absolute atomic E-state index is 5.57. The van der Waals surface area contributed by atoms with Crippen molar-refractivity contribution in [2.75, 3.05) is 0 Å². The fourth-order valence-electron chi connectivity index (χ4n) is 0.534. The number of nitrogens with zero attached hydrogens (tertiary/aromatic N) is 1. The van der Waals surface area contributed by atoms with Gasteiger partial charge in [0.1, 0.15) is 0 Å². The van der Waals surface area contributed by atoms with Crippen LogP contribution in [0.1, 0.15) is 5.69 Å². The molecule has 1 rings (SSSR count). The Labute approximate surface area is 119 Å². The van der Waals surface area contributed by atoms with Crippen molar-refractivity contribution < 1.29 is 58.2 Å². The molecule has 0 atom stereocenters. The van der Waals surface area contributed by atoms with Gasteiger partial charge in [0.05, 0.1) is 0 Å². The number of halogens is 2. The number of hydrogen-bond donors (Lipinski definition) is 0. The molecule has 1 heterocycles. The quantitative estimate of drug-likeness (QED) is 0.444. The summed E-state index contributed by atoms with van der Waals surface area (Å²) in [6, 6.07) is 4.33. The Balaban J connectivity index is 0.000000810. The van der Waals surface area contributed by atoms with Gasteiger partial charge >= 0.3 is 58.2 Å². The maximum Gasteiger partial charge on any atom is 1.00 e. The van der Waals surface area contributed by atoms with Crippen LogP contribution in [-0.4, -0.2) is 4.98 Å². The van der Waals surface area contributed by atoms with Crippen LogP contribution >= 0.6 is 23.2 Å². The Bertz CT molecular complexity index is 177. The molecule has 0 aliphatic rings. The summed E-state index contributed by atoms with van der Waals surface area (Å²) >= 11 is 11.1. The summed E-state index contributed by atoms with van der Waals surface area (Å²) in [7, 11) is 0. The normalized spacial score (nSPS) is 8.70. The first-order valence-corrected chi connectivity index (χ1v) is 3.16. The van der Waals surface area contributed by atoms with Gasteiger partial charge in [-0.25, -0.2) is 6.07 Å². The van der Waals surface area contributed by atoms with E-state index in [4.69, 9.17) is 23.2 Å². The van der Waals surface area contributed by atoms with Gasteiger partial charge in [0.15, 0.2) is 0 Å². The van der Waals surface area contributed by atoms with Gasteiger partial charge in [-0.2, -0.15) is 6.07 Å². The van der Waals surface area contributed by atoms with Gasteiger partial charge in [-0.05, 0) is 6.92 Å². The summed E-state index contributed by atoms with van der Waals surface area (Å²) in [6.45, 7) is 1.79. The number of aryl methyl sites for hydroxylation is 1. The van der Waals surface area contributed by atoms with Crippen LogP contribution in [0, 0.1) is 13.0 Å². The van der Waals surface area contributed by atoms with Crippen LogP contribution < -0.4 is 58.2 Å². The molecule has 0 bridgehead atoms. The largest absolute Gasteiger partial charge is 1.00 e. The topological polar surface area (TPSA) is 12.9 Å². The molecule has 1 nitrogen and oxygen atoms in total. The molecule has 1 aromatic heterocycles. The zero-order valence-corrected chi connectivity index (χ0v) is 12.2. The molecule has 10 heavy (non-hydrogen) atoms. The van der Waals surface area contributed by atoms with Crippen molar-refractivity contribution in [3.8, 4) is 0 Å². The molecule has 0 aromatic carbocycles. The standard InChI is InChI=1S/C6H4Cl2N.Rb/c1-4-2-5(7)3-6(8)9-4;/h3H,1H3;/q-1;+1. The molecule has 48 valence electrons. The van der Waals surface area contributed by atoms with Crippen molar-refractivity contribution in [1.29, 1.82) is 0 Å². The fraction of sp³-hybridized carbons (Fsp3) is 0.167. The molecule has 0 radical (unpaired) electrons. The second-order valence-corrected chi connectivity index (χ2v) is 2.43. The molecule has 0 fully saturated rings. The van der Waals surface area contributed by atoms with E-state index in [1.807, 2.05) is 0 Å². The summed E-state index contributed by atoms with van der Waals surface area (Å²) in [6.07, 6.45) is 0. The molecular formula is C6H4Cl2NRb. The monoisotopic (exact) mass is 245 g/mol. The van der Waals surface area contributed by atoms with Crippen LogP contribution in [-0.2, 0) is 0 Å². The molecule has 0 saturated heterocycles. The predicted molar refractivity (Wildman–Crippen MR) is 37.8 cm³/mol. The molecule has 1 aromatic rings. The van der Waals surface area contributed by atoms with Crippen LogP contribution in [0.4, 0.5) is 0 Å². The summed E-state index contributed by atoms with van der Waals surface area (Å²) < 4.78 is 0. The zero-order chi connectivity index (χ0) is 6.85. The first-order valence-electron chi connectivity index (χ1n) is 2.40. The van der Waals surface area contributed by atoms with Crippen molar-refractivity contribution in [1.82, 2.24) is 4.98 Å². The summed E-state index contributed by atoms with van der Waals surface area (Å²) in [5.74, 6) is 0. The average molecular weight is 246 g/mol. The summed E-state index contributed by atoms with van der Waals surface area (Å²) in [5, 5.41) is 0.920. The van der Waals surface area contributed by atoms with Crippen molar-refractivity contribution >= 4 is 23.2 Å². The fourth-order valence-corrected chi connectivity index (χ4v) is 1.07. The molecule has 0 aliphatic carbocycles. The molecule has 0 saturated carbocycles. The first-order chi connectivity index (χ1) is 4.18. The molecule has 0 amide bonds. The molecule has 0 spiro atoms. The number of rotatable bonds is 0. The molecular weight excluding hydrogens is 242 g/mol. The van der Waals surface area contributed by atoms with E-state index in [0.717, 1.165) is 0 Å². The van der Waals surface area contributed by atoms with E-state index in [1.165, 1.54) is 0 Å². The van der Waals surface area contributed by atoms with Gasteiger partial charge in [-0.1, -0.05) is 17.3 Å². The van der Waals surface area contributed by atoms with Crippen LogP contribution in [0.5, 0.6) is 0 Å². The van der Waals surface area contributed by atoms with Crippen molar-refractivity contribution in [2.24, 2.45) is 0 Å². The van der Waals surface area contributed by atoms with Gasteiger partial charge in [-0.15, -0.1) is 16.6 Å². The van der Waals surface area contributed by atoms with E-state index >= 15 is 0 Å². The van der Waals surface area contributed by atoms with Gasteiger partial charge in [0.2, 0.25) is 0 Å². The minimum atomic E-state index is 0. The minimum Gasteiger partial charge on any atom is -0.281 e. The molecule has 0 unspecified atom stereocenters. The Hall–Kier alpha value is 1.54. The van der Waals surface area contributed by atoms with E-state index in [2.05, 4.69) is 11.1 Å². The first kappa shape index (κ1) is 11.5. The molecule has 4 heteroatoms. The third kappa shape index (κ3) is 3.79. The van der Waals surface area contributed by atoms with E-state index in [0.29, 0.717) is 15.9 Å². The number of pyridine rings is 1. The van der Waals surface area contributed by atoms with Crippen molar-refractivity contribution in [3.05, 3.63) is 28.0 Å². The Morgan fingerprint density at radius 3 is 2.50 bits per heavy atom. The average Bonchev–Trinajstić information content (AvgIpc) is 1.59. The second kappa shape index (κ2) is 5.23. The van der Waals surface area contributed by atoms with Crippen molar-refractivity contribution in [2.45, 2.75) is 6.92 Å². The number of hydrogen-bond acceptors (Lipinski definition) is 1. The second-order valence-electron chi connectivity index (χ2n) is 1.64.